The summed E-state index contributed by atoms with van der Waals surface area (Å²) in [6.07, 6.45) is 1.42. The van der Waals surface area contributed by atoms with Crippen molar-refractivity contribution in [3.63, 3.8) is 0 Å². The maximum Gasteiger partial charge on any atom is 0.340 e. The maximum atomic E-state index is 12.2. The van der Waals surface area contributed by atoms with Crippen molar-refractivity contribution in [2.24, 2.45) is 0 Å². The lowest BCUT2D eigenvalue weighted by molar-refractivity contribution is -0.133. The van der Waals surface area contributed by atoms with Crippen LogP contribution >= 0.6 is 11.3 Å². The molecule has 0 saturated carbocycles. The Morgan fingerprint density at radius 2 is 2.07 bits per heavy atom. The Hall–Kier alpha value is -3.00. The van der Waals surface area contributed by atoms with Crippen LogP contribution in [0.3, 0.4) is 0 Å². The number of hydrogen-bond acceptors (Lipinski definition) is 6. The number of carbonyl (C=O) groups excluding carboxylic acids is 2. The van der Waals surface area contributed by atoms with Gasteiger partial charge in [-0.15, -0.1) is 11.3 Å². The van der Waals surface area contributed by atoms with Crippen LogP contribution in [0.15, 0.2) is 41.9 Å². The number of thiophene rings is 1. The quantitative estimate of drug-likeness (QED) is 0.611. The Bertz CT molecular complexity index is 933. The summed E-state index contributed by atoms with van der Waals surface area (Å²) in [7, 11) is 1.68. The van der Waals surface area contributed by atoms with E-state index < -0.39 is 5.97 Å². The molecule has 27 heavy (non-hydrogen) atoms. The molecule has 3 rings (SSSR count). The molecule has 0 radical (unpaired) electrons. The number of likely N-dealkylation sites (N-methyl/N-ethyl adjacent to an activating group) is 1. The number of pyridine rings is 1. The van der Waals surface area contributed by atoms with Crippen molar-refractivity contribution in [1.29, 1.82) is 0 Å². The average molecular weight is 384 g/mol. The molecule has 3 aromatic rings. The molecule has 0 aliphatic carbocycles. The number of carbonyl (C=O) groups is 2. The first kappa shape index (κ1) is 18.8. The number of rotatable bonds is 6. The average Bonchev–Trinajstić information content (AvgIpc) is 3.28. The first-order valence-electron chi connectivity index (χ1n) is 8.37. The molecule has 0 N–H and O–H groups in total. The highest BCUT2D eigenvalue weighted by atomic mass is 32.1. The lowest BCUT2D eigenvalue weighted by Crippen LogP contribution is -2.30. The third-order valence-electron chi connectivity index (χ3n) is 3.94. The van der Waals surface area contributed by atoms with E-state index in [9.17, 15) is 9.59 Å². The SMILES string of the molecule is Cc1cc(C)n(-c2ccc(C(=O)OCC(=O)N(C)Cc3cccs3)cn2)n1. The van der Waals surface area contributed by atoms with Gasteiger partial charge in [0.05, 0.1) is 17.8 Å². The normalized spacial score (nSPS) is 10.6. The molecule has 8 heteroatoms. The molecule has 0 atom stereocenters. The second kappa shape index (κ2) is 8.13. The van der Waals surface area contributed by atoms with Gasteiger partial charge in [0.25, 0.3) is 5.91 Å². The number of nitrogens with zero attached hydrogens (tertiary/aromatic N) is 4. The van der Waals surface area contributed by atoms with E-state index in [1.54, 1.807) is 35.2 Å². The van der Waals surface area contributed by atoms with Gasteiger partial charge in [-0.2, -0.15) is 5.10 Å². The first-order chi connectivity index (χ1) is 12.9. The molecule has 0 aliphatic heterocycles. The lowest BCUT2D eigenvalue weighted by atomic mass is 10.3. The van der Waals surface area contributed by atoms with E-state index in [1.807, 2.05) is 37.4 Å². The Balaban J connectivity index is 1.56. The van der Waals surface area contributed by atoms with Crippen LogP contribution in [-0.2, 0) is 16.1 Å². The molecule has 0 bridgehead atoms. The summed E-state index contributed by atoms with van der Waals surface area (Å²) in [5, 5.41) is 6.31. The number of aryl methyl sites for hydroxylation is 2. The van der Waals surface area contributed by atoms with E-state index in [0.29, 0.717) is 12.4 Å². The van der Waals surface area contributed by atoms with Crippen LogP contribution in [0, 0.1) is 13.8 Å². The third-order valence-corrected chi connectivity index (χ3v) is 4.80. The van der Waals surface area contributed by atoms with E-state index in [0.717, 1.165) is 16.3 Å². The molecular weight excluding hydrogens is 364 g/mol. The van der Waals surface area contributed by atoms with Crippen LogP contribution in [0.4, 0.5) is 0 Å². The fourth-order valence-electron chi connectivity index (χ4n) is 2.54. The molecule has 7 nitrogen and oxygen atoms in total. The summed E-state index contributed by atoms with van der Waals surface area (Å²) in [6, 6.07) is 9.14. The highest BCUT2D eigenvalue weighted by molar-refractivity contribution is 7.09. The highest BCUT2D eigenvalue weighted by Crippen LogP contribution is 2.12. The van der Waals surface area contributed by atoms with Gasteiger partial charge in [-0.05, 0) is 43.5 Å². The monoisotopic (exact) mass is 384 g/mol. The van der Waals surface area contributed by atoms with Gasteiger partial charge in [-0.1, -0.05) is 6.07 Å². The van der Waals surface area contributed by atoms with Crippen molar-refractivity contribution in [3.05, 3.63) is 63.7 Å². The van der Waals surface area contributed by atoms with Crippen molar-refractivity contribution >= 4 is 23.2 Å². The highest BCUT2D eigenvalue weighted by Gasteiger charge is 2.15. The van der Waals surface area contributed by atoms with Crippen LogP contribution in [-0.4, -0.2) is 45.2 Å². The molecule has 0 fully saturated rings. The predicted molar refractivity (Wildman–Crippen MR) is 102 cm³/mol. The van der Waals surface area contributed by atoms with Gasteiger partial charge in [0.2, 0.25) is 0 Å². The van der Waals surface area contributed by atoms with Crippen LogP contribution in [0.1, 0.15) is 26.6 Å². The van der Waals surface area contributed by atoms with Crippen molar-refractivity contribution in [2.45, 2.75) is 20.4 Å². The standard InChI is InChI=1S/C19H20N4O3S/c1-13-9-14(2)23(21-13)17-7-6-15(10-20-17)19(25)26-12-18(24)22(3)11-16-5-4-8-27-16/h4-10H,11-12H2,1-3H3. The molecule has 0 spiro atoms. The summed E-state index contributed by atoms with van der Waals surface area (Å²) in [6.45, 7) is 4.02. The predicted octanol–water partition coefficient (Wildman–Crippen LogP) is 2.76. The topological polar surface area (TPSA) is 77.3 Å². The summed E-state index contributed by atoms with van der Waals surface area (Å²) in [4.78, 5) is 31.1. The zero-order valence-corrected chi connectivity index (χ0v) is 16.2. The number of amides is 1. The number of aromatic nitrogens is 3. The summed E-state index contributed by atoms with van der Waals surface area (Å²) < 4.78 is 6.82. The van der Waals surface area contributed by atoms with E-state index in [1.165, 1.54) is 11.1 Å². The number of esters is 1. The van der Waals surface area contributed by atoms with Crippen LogP contribution < -0.4 is 0 Å². The summed E-state index contributed by atoms with van der Waals surface area (Å²) >= 11 is 1.57. The molecule has 0 aliphatic rings. The molecule has 3 aromatic heterocycles. The second-order valence-corrected chi connectivity index (χ2v) is 7.18. The van der Waals surface area contributed by atoms with Gasteiger partial charge >= 0.3 is 5.97 Å². The van der Waals surface area contributed by atoms with E-state index in [4.69, 9.17) is 4.74 Å². The Morgan fingerprint density at radius 1 is 1.26 bits per heavy atom. The van der Waals surface area contributed by atoms with Gasteiger partial charge in [0.1, 0.15) is 0 Å². The van der Waals surface area contributed by atoms with Gasteiger partial charge < -0.3 is 9.64 Å². The minimum Gasteiger partial charge on any atom is -0.452 e. The minimum absolute atomic E-state index is 0.260. The van der Waals surface area contributed by atoms with Crippen molar-refractivity contribution in [2.75, 3.05) is 13.7 Å². The van der Waals surface area contributed by atoms with Crippen LogP contribution in [0.25, 0.3) is 5.82 Å². The number of ether oxygens (including phenoxy) is 1. The van der Waals surface area contributed by atoms with Crippen LogP contribution in [0.2, 0.25) is 0 Å². The molecule has 3 heterocycles. The number of hydrogen-bond donors (Lipinski definition) is 0. The van der Waals surface area contributed by atoms with Gasteiger partial charge in [-0.25, -0.2) is 14.5 Å². The van der Waals surface area contributed by atoms with Crippen LogP contribution in [0.5, 0.6) is 0 Å². The Labute approximate surface area is 161 Å². The molecule has 1 amide bonds. The third kappa shape index (κ3) is 4.59. The molecule has 0 unspecified atom stereocenters. The Morgan fingerprint density at radius 3 is 2.67 bits per heavy atom. The molecule has 0 aromatic carbocycles. The first-order valence-corrected chi connectivity index (χ1v) is 9.25. The fourth-order valence-corrected chi connectivity index (χ4v) is 3.30. The molecular formula is C19H20N4O3S. The minimum atomic E-state index is -0.583. The van der Waals surface area contributed by atoms with Gasteiger partial charge in [-0.3, -0.25) is 4.79 Å². The maximum absolute atomic E-state index is 12.2. The molecule has 140 valence electrons. The van der Waals surface area contributed by atoms with E-state index in [2.05, 4.69) is 10.1 Å². The Kier molecular flexibility index (Phi) is 5.66. The molecule has 0 saturated heterocycles. The van der Waals surface area contributed by atoms with Gasteiger partial charge in [0, 0.05) is 23.8 Å². The lowest BCUT2D eigenvalue weighted by Gasteiger charge is -2.16. The summed E-state index contributed by atoms with van der Waals surface area (Å²) in [5.74, 6) is -0.229. The smallest absolute Gasteiger partial charge is 0.340 e. The van der Waals surface area contributed by atoms with E-state index in [-0.39, 0.29) is 18.1 Å². The van der Waals surface area contributed by atoms with E-state index >= 15 is 0 Å². The zero-order valence-electron chi connectivity index (χ0n) is 15.4. The largest absolute Gasteiger partial charge is 0.452 e. The fraction of sp³-hybridized carbons (Fsp3) is 0.263. The summed E-state index contributed by atoms with van der Waals surface area (Å²) in [5.41, 5.74) is 2.13. The zero-order chi connectivity index (χ0) is 19.4. The second-order valence-electron chi connectivity index (χ2n) is 6.15. The van der Waals surface area contributed by atoms with Crippen molar-refractivity contribution < 1.29 is 14.3 Å². The van der Waals surface area contributed by atoms with Gasteiger partial charge in [0.15, 0.2) is 12.4 Å². The van der Waals surface area contributed by atoms with Crippen molar-refractivity contribution in [1.82, 2.24) is 19.7 Å². The van der Waals surface area contributed by atoms with Crippen molar-refractivity contribution in [3.8, 4) is 5.82 Å².